The van der Waals surface area contributed by atoms with E-state index < -0.39 is 5.41 Å². The molecule has 0 atom stereocenters. The number of anilines is 3. The number of aromatic nitrogens is 1. The third kappa shape index (κ3) is 6.27. The first-order valence-corrected chi connectivity index (χ1v) is 25.5. The molecule has 15 rings (SSSR count). The van der Waals surface area contributed by atoms with Crippen LogP contribution in [0.2, 0.25) is 0 Å². The molecule has 0 spiro atoms. The Labute approximate surface area is 429 Å². The lowest BCUT2D eigenvalue weighted by Gasteiger charge is -2.35. The van der Waals surface area contributed by atoms with Gasteiger partial charge in [0.25, 0.3) is 0 Å². The van der Waals surface area contributed by atoms with E-state index in [0.717, 1.165) is 66.8 Å². The fourth-order valence-electron chi connectivity index (χ4n) is 12.4. The largest absolute Gasteiger partial charge is 0.455 e. The first kappa shape index (κ1) is 42.0. The van der Waals surface area contributed by atoms with Crippen molar-refractivity contribution in [1.29, 1.82) is 0 Å². The van der Waals surface area contributed by atoms with E-state index in [1.54, 1.807) is 0 Å². The smallest absolute Gasteiger partial charge is 0.145 e. The Morgan fingerprint density at radius 2 is 0.905 bits per heavy atom. The van der Waals surface area contributed by atoms with E-state index in [9.17, 15) is 0 Å². The van der Waals surface area contributed by atoms with Crippen molar-refractivity contribution in [2.75, 3.05) is 4.90 Å². The van der Waals surface area contributed by atoms with Gasteiger partial charge in [0.2, 0.25) is 0 Å². The molecule has 3 heteroatoms. The summed E-state index contributed by atoms with van der Waals surface area (Å²) in [6.07, 6.45) is 0. The molecular formula is C71H46N2O. The van der Waals surface area contributed by atoms with Crippen LogP contribution in [-0.2, 0) is 5.41 Å². The second-order valence-electron chi connectivity index (χ2n) is 19.5. The third-order valence-corrected chi connectivity index (χ3v) is 15.7. The van der Waals surface area contributed by atoms with Gasteiger partial charge in [-0.15, -0.1) is 0 Å². The van der Waals surface area contributed by atoms with Crippen molar-refractivity contribution in [2.24, 2.45) is 0 Å². The molecule has 0 saturated carbocycles. The van der Waals surface area contributed by atoms with Crippen LogP contribution in [0.4, 0.5) is 17.1 Å². The predicted octanol–water partition coefficient (Wildman–Crippen LogP) is 19.0. The summed E-state index contributed by atoms with van der Waals surface area (Å²) in [6.45, 7) is 0. The molecule has 3 nitrogen and oxygen atoms in total. The molecule has 2 heterocycles. The van der Waals surface area contributed by atoms with E-state index in [1.165, 1.54) is 66.1 Å². The van der Waals surface area contributed by atoms with Gasteiger partial charge < -0.3 is 13.9 Å². The number of rotatable bonds is 8. The number of nitrogens with zero attached hydrogens (tertiary/aromatic N) is 2. The average molecular weight is 943 g/mol. The van der Waals surface area contributed by atoms with Gasteiger partial charge >= 0.3 is 0 Å². The summed E-state index contributed by atoms with van der Waals surface area (Å²) in [5.41, 5.74) is 19.9. The van der Waals surface area contributed by atoms with Gasteiger partial charge in [0.1, 0.15) is 11.2 Å². The summed E-state index contributed by atoms with van der Waals surface area (Å²) >= 11 is 0. The van der Waals surface area contributed by atoms with E-state index in [0.29, 0.717) is 0 Å². The van der Waals surface area contributed by atoms with Crippen LogP contribution in [0.15, 0.2) is 283 Å². The minimum absolute atomic E-state index is 0.537. The zero-order chi connectivity index (χ0) is 48.7. The van der Waals surface area contributed by atoms with E-state index in [2.05, 4.69) is 289 Å². The molecule has 74 heavy (non-hydrogen) atoms. The number of para-hydroxylation sites is 2. The van der Waals surface area contributed by atoms with Gasteiger partial charge in [-0.2, -0.15) is 0 Å². The monoisotopic (exact) mass is 942 g/mol. The van der Waals surface area contributed by atoms with Crippen LogP contribution in [0.1, 0.15) is 22.3 Å². The Morgan fingerprint density at radius 1 is 0.351 bits per heavy atom. The zero-order valence-corrected chi connectivity index (χ0v) is 40.4. The summed E-state index contributed by atoms with van der Waals surface area (Å²) in [5, 5.41) is 7.01. The van der Waals surface area contributed by atoms with Crippen molar-refractivity contribution in [1.82, 2.24) is 4.57 Å². The highest BCUT2D eigenvalue weighted by atomic mass is 16.3. The Bertz CT molecular complexity index is 4410. The molecule has 12 aromatic carbocycles. The highest BCUT2D eigenvalue weighted by Crippen LogP contribution is 2.57. The van der Waals surface area contributed by atoms with Crippen molar-refractivity contribution in [3.63, 3.8) is 0 Å². The minimum Gasteiger partial charge on any atom is -0.455 e. The molecule has 0 radical (unpaired) electrons. The van der Waals surface area contributed by atoms with Crippen LogP contribution in [-0.4, -0.2) is 4.57 Å². The van der Waals surface area contributed by atoms with Gasteiger partial charge in [0, 0.05) is 44.2 Å². The van der Waals surface area contributed by atoms with E-state index in [1.807, 2.05) is 0 Å². The summed E-state index contributed by atoms with van der Waals surface area (Å²) in [6, 6.07) is 102. The Hall–Kier alpha value is -9.70. The summed E-state index contributed by atoms with van der Waals surface area (Å²) in [5.74, 6) is 0. The minimum atomic E-state index is -0.537. The van der Waals surface area contributed by atoms with Crippen LogP contribution in [0, 0.1) is 0 Å². The molecule has 0 aliphatic heterocycles. The lowest BCUT2D eigenvalue weighted by atomic mass is 9.67. The molecule has 0 bridgehead atoms. The van der Waals surface area contributed by atoms with Crippen molar-refractivity contribution < 1.29 is 4.42 Å². The molecule has 1 aliphatic carbocycles. The molecule has 1 aliphatic rings. The van der Waals surface area contributed by atoms with E-state index in [4.69, 9.17) is 4.42 Å². The number of furan rings is 1. The molecule has 0 fully saturated rings. The molecule has 0 amide bonds. The third-order valence-electron chi connectivity index (χ3n) is 15.7. The number of hydrogen-bond acceptors (Lipinski definition) is 2. The zero-order valence-electron chi connectivity index (χ0n) is 40.4. The lowest BCUT2D eigenvalue weighted by molar-refractivity contribution is 0.670. The summed E-state index contributed by atoms with van der Waals surface area (Å²) in [7, 11) is 0. The lowest BCUT2D eigenvalue weighted by Crippen LogP contribution is -2.28. The van der Waals surface area contributed by atoms with E-state index >= 15 is 0 Å². The molecule has 14 aromatic rings. The second-order valence-corrected chi connectivity index (χ2v) is 19.5. The van der Waals surface area contributed by atoms with Gasteiger partial charge in [-0.05, 0) is 116 Å². The first-order chi connectivity index (χ1) is 36.7. The van der Waals surface area contributed by atoms with Gasteiger partial charge in [-0.25, -0.2) is 0 Å². The maximum atomic E-state index is 7.02. The van der Waals surface area contributed by atoms with Gasteiger partial charge in [-0.3, -0.25) is 0 Å². The summed E-state index contributed by atoms with van der Waals surface area (Å²) in [4.78, 5) is 2.42. The van der Waals surface area contributed by atoms with Crippen molar-refractivity contribution in [3.05, 3.63) is 301 Å². The maximum absolute atomic E-state index is 7.02. The fraction of sp³-hybridized carbons (Fsp3) is 0.0141. The van der Waals surface area contributed by atoms with Crippen LogP contribution in [0.25, 0.3) is 93.6 Å². The Kier molecular flexibility index (Phi) is 9.48. The normalized spacial score (nSPS) is 12.7. The van der Waals surface area contributed by atoms with Crippen LogP contribution in [0.5, 0.6) is 0 Å². The quantitative estimate of drug-likeness (QED) is 0.151. The Morgan fingerprint density at radius 3 is 1.65 bits per heavy atom. The topological polar surface area (TPSA) is 21.3 Å². The first-order valence-electron chi connectivity index (χ1n) is 25.5. The molecular weight excluding hydrogens is 897 g/mol. The molecule has 0 saturated heterocycles. The van der Waals surface area contributed by atoms with Crippen molar-refractivity contribution in [3.8, 4) is 39.1 Å². The van der Waals surface area contributed by atoms with Crippen molar-refractivity contribution in [2.45, 2.75) is 5.41 Å². The van der Waals surface area contributed by atoms with E-state index in [-0.39, 0.29) is 0 Å². The molecule has 346 valence electrons. The maximum Gasteiger partial charge on any atom is 0.145 e. The fourth-order valence-corrected chi connectivity index (χ4v) is 12.4. The molecule has 0 unspecified atom stereocenters. The van der Waals surface area contributed by atoms with Crippen LogP contribution in [0.3, 0.4) is 0 Å². The standard InChI is InChI=1S/C71H46N2O/c1-4-19-47(20-5-1)48-35-39-53(40-36-48)72(55-43-44-58-57-28-12-15-31-63(57)71(64(58)45-55,51-23-6-2-7-24-51)52-25-8-3-9-26-52)54-41-37-50(38-42-54)61-46-62-59-29-13-16-32-66(59)73(65-33-18-22-49-21-10-11-27-56(49)65)69(62)68-60-30-14-17-34-67(60)74-70(61)68/h1-46H. The SMILES string of the molecule is c1ccc(-c2ccc(N(c3ccc(-c4cc5c6ccccc6n(-c6cccc7ccccc67)c5c5c4oc4ccccc45)cc3)c3ccc4c(c3)C(c3ccccc3)(c3ccccc3)c3ccccc3-4)cc2)cc1. The average Bonchev–Trinajstić information content (AvgIpc) is 4.13. The number of benzene rings is 12. The molecule has 0 N–H and O–H groups in total. The number of hydrogen-bond donors (Lipinski definition) is 0. The van der Waals surface area contributed by atoms with Gasteiger partial charge in [-0.1, -0.05) is 218 Å². The Balaban J connectivity index is 0.940. The molecule has 2 aromatic heterocycles. The summed E-state index contributed by atoms with van der Waals surface area (Å²) < 4.78 is 9.49. The van der Waals surface area contributed by atoms with Gasteiger partial charge in [0.15, 0.2) is 0 Å². The number of fused-ring (bicyclic) bond motifs is 11. The predicted molar refractivity (Wildman–Crippen MR) is 308 cm³/mol. The van der Waals surface area contributed by atoms with Crippen LogP contribution >= 0.6 is 0 Å². The van der Waals surface area contributed by atoms with Crippen molar-refractivity contribution >= 4 is 71.6 Å². The highest BCUT2D eigenvalue weighted by Gasteiger charge is 2.46. The second kappa shape index (κ2) is 16.7. The highest BCUT2D eigenvalue weighted by molar-refractivity contribution is 6.27. The van der Waals surface area contributed by atoms with Gasteiger partial charge in [0.05, 0.1) is 27.5 Å². The van der Waals surface area contributed by atoms with Crippen LogP contribution < -0.4 is 4.90 Å².